The molecular weight excluding hydrogens is 312 g/mol. The Labute approximate surface area is 152 Å². The van der Waals surface area contributed by atoms with E-state index >= 15 is 0 Å². The van der Waals surface area contributed by atoms with Crippen LogP contribution in [0.5, 0.6) is 5.75 Å². The van der Waals surface area contributed by atoms with Crippen LogP contribution in [0.15, 0.2) is 29.3 Å². The second-order valence-electron chi connectivity index (χ2n) is 6.95. The molecule has 0 amide bonds. The Morgan fingerprint density at radius 2 is 1.88 bits per heavy atom. The highest BCUT2D eigenvalue weighted by Gasteiger charge is 2.17. The van der Waals surface area contributed by atoms with Crippen molar-refractivity contribution in [1.82, 2.24) is 15.5 Å². The van der Waals surface area contributed by atoms with Crippen LogP contribution < -0.4 is 15.4 Å². The van der Waals surface area contributed by atoms with Gasteiger partial charge in [-0.1, -0.05) is 31.4 Å². The zero-order valence-electron chi connectivity index (χ0n) is 16.2. The van der Waals surface area contributed by atoms with Gasteiger partial charge in [0, 0.05) is 12.6 Å². The molecule has 1 aromatic rings. The molecule has 1 unspecified atom stereocenters. The first-order chi connectivity index (χ1) is 12.1. The molecule has 5 nitrogen and oxygen atoms in total. The molecule has 1 aliphatic rings. The van der Waals surface area contributed by atoms with E-state index in [4.69, 9.17) is 9.73 Å². The lowest BCUT2D eigenvalue weighted by Crippen LogP contribution is -2.44. The number of ether oxygens (including phenoxy) is 1. The van der Waals surface area contributed by atoms with Crippen molar-refractivity contribution in [2.24, 2.45) is 4.99 Å². The molecular formula is C20H34N4O. The normalized spacial score (nSPS) is 17.4. The van der Waals surface area contributed by atoms with Crippen molar-refractivity contribution in [2.45, 2.75) is 51.1 Å². The van der Waals surface area contributed by atoms with E-state index in [-0.39, 0.29) is 6.04 Å². The molecule has 1 atom stereocenters. The summed E-state index contributed by atoms with van der Waals surface area (Å²) >= 11 is 0. The number of methoxy groups -OCH3 is 1. The van der Waals surface area contributed by atoms with Crippen molar-refractivity contribution in [1.29, 1.82) is 0 Å². The van der Waals surface area contributed by atoms with E-state index in [0.29, 0.717) is 6.04 Å². The lowest BCUT2D eigenvalue weighted by atomic mass is 9.96. The Morgan fingerprint density at radius 1 is 1.20 bits per heavy atom. The number of nitrogens with zero attached hydrogens (tertiary/aromatic N) is 2. The summed E-state index contributed by atoms with van der Waals surface area (Å²) in [5, 5.41) is 7.02. The van der Waals surface area contributed by atoms with Crippen LogP contribution in [0.4, 0.5) is 0 Å². The van der Waals surface area contributed by atoms with E-state index in [2.05, 4.69) is 48.7 Å². The second-order valence-corrected chi connectivity index (χ2v) is 6.95. The van der Waals surface area contributed by atoms with Gasteiger partial charge in [-0.05, 0) is 51.6 Å². The molecule has 140 valence electrons. The number of rotatable bonds is 7. The third-order valence-corrected chi connectivity index (χ3v) is 4.84. The average molecular weight is 347 g/mol. The van der Waals surface area contributed by atoms with Gasteiger partial charge < -0.3 is 20.3 Å². The Kier molecular flexibility index (Phi) is 8.06. The summed E-state index contributed by atoms with van der Waals surface area (Å²) in [5.74, 6) is 1.83. The SMILES string of the molecule is CCNC(=NCC(c1ccc(OC)cc1)N(C)C)NC1CCCCC1. The largest absolute Gasteiger partial charge is 0.497 e. The standard InChI is InChI=1S/C20H34N4O/c1-5-21-20(23-17-9-7-6-8-10-17)22-15-19(24(2)3)16-11-13-18(25-4)14-12-16/h11-14,17,19H,5-10,15H2,1-4H3,(H2,21,22,23). The highest BCUT2D eigenvalue weighted by Crippen LogP contribution is 2.22. The van der Waals surface area contributed by atoms with E-state index in [1.165, 1.54) is 37.7 Å². The summed E-state index contributed by atoms with van der Waals surface area (Å²) in [5.41, 5.74) is 1.25. The van der Waals surface area contributed by atoms with Crippen LogP contribution in [0, 0.1) is 0 Å². The van der Waals surface area contributed by atoms with Gasteiger partial charge in [-0.3, -0.25) is 4.99 Å². The number of hydrogen-bond acceptors (Lipinski definition) is 3. The molecule has 0 bridgehead atoms. The Hall–Kier alpha value is -1.75. The number of hydrogen-bond donors (Lipinski definition) is 2. The van der Waals surface area contributed by atoms with E-state index in [9.17, 15) is 0 Å². The molecule has 1 aromatic carbocycles. The fourth-order valence-electron chi connectivity index (χ4n) is 3.33. The van der Waals surface area contributed by atoms with E-state index < -0.39 is 0 Å². The van der Waals surface area contributed by atoms with Crippen molar-refractivity contribution < 1.29 is 4.74 Å². The summed E-state index contributed by atoms with van der Waals surface area (Å²) in [6, 6.07) is 9.08. The lowest BCUT2D eigenvalue weighted by molar-refractivity contribution is 0.305. The smallest absolute Gasteiger partial charge is 0.191 e. The molecule has 0 aromatic heterocycles. The predicted octanol–water partition coefficient (Wildman–Crippen LogP) is 3.19. The van der Waals surface area contributed by atoms with Crippen LogP contribution in [0.25, 0.3) is 0 Å². The molecule has 2 N–H and O–H groups in total. The Bertz CT molecular complexity index is 521. The number of guanidine groups is 1. The van der Waals surface area contributed by atoms with Crippen LogP contribution in [0.1, 0.15) is 50.6 Å². The monoisotopic (exact) mass is 346 g/mol. The molecule has 0 spiro atoms. The van der Waals surface area contributed by atoms with Gasteiger partial charge in [0.15, 0.2) is 5.96 Å². The number of nitrogens with one attached hydrogen (secondary N) is 2. The third kappa shape index (κ3) is 6.24. The molecule has 0 saturated heterocycles. The Morgan fingerprint density at radius 3 is 2.44 bits per heavy atom. The second kappa shape index (κ2) is 10.3. The van der Waals surface area contributed by atoms with Gasteiger partial charge >= 0.3 is 0 Å². The first kappa shape index (κ1) is 19.6. The van der Waals surface area contributed by atoms with E-state index in [0.717, 1.165) is 24.8 Å². The van der Waals surface area contributed by atoms with Crippen molar-refractivity contribution in [3.8, 4) is 5.75 Å². The Balaban J connectivity index is 2.04. The third-order valence-electron chi connectivity index (χ3n) is 4.84. The van der Waals surface area contributed by atoms with E-state index in [1.807, 2.05) is 12.1 Å². The van der Waals surface area contributed by atoms with Crippen LogP contribution in [-0.2, 0) is 0 Å². The van der Waals surface area contributed by atoms with Crippen LogP contribution in [0.2, 0.25) is 0 Å². The zero-order valence-corrected chi connectivity index (χ0v) is 16.2. The van der Waals surface area contributed by atoms with Gasteiger partial charge in [-0.25, -0.2) is 0 Å². The quantitative estimate of drug-likeness (QED) is 0.588. The number of aliphatic imine (C=N–C) groups is 1. The maximum absolute atomic E-state index is 5.26. The van der Waals surface area contributed by atoms with Gasteiger partial charge in [0.25, 0.3) is 0 Å². The van der Waals surface area contributed by atoms with Crippen molar-refractivity contribution in [2.75, 3.05) is 34.3 Å². The fourth-order valence-corrected chi connectivity index (χ4v) is 3.33. The molecule has 0 radical (unpaired) electrons. The molecule has 2 rings (SSSR count). The van der Waals surface area contributed by atoms with Crippen LogP contribution in [-0.4, -0.2) is 51.2 Å². The lowest BCUT2D eigenvalue weighted by Gasteiger charge is -2.26. The highest BCUT2D eigenvalue weighted by atomic mass is 16.5. The van der Waals surface area contributed by atoms with Gasteiger partial charge in [0.05, 0.1) is 19.7 Å². The van der Waals surface area contributed by atoms with Gasteiger partial charge in [-0.15, -0.1) is 0 Å². The van der Waals surface area contributed by atoms with Gasteiger partial charge in [0.1, 0.15) is 5.75 Å². The van der Waals surface area contributed by atoms with Crippen molar-refractivity contribution in [3.63, 3.8) is 0 Å². The minimum Gasteiger partial charge on any atom is -0.497 e. The van der Waals surface area contributed by atoms with Crippen molar-refractivity contribution >= 4 is 5.96 Å². The summed E-state index contributed by atoms with van der Waals surface area (Å²) in [7, 11) is 5.90. The van der Waals surface area contributed by atoms with E-state index in [1.54, 1.807) is 7.11 Å². The molecule has 0 aliphatic heterocycles. The first-order valence-electron chi connectivity index (χ1n) is 9.49. The minimum absolute atomic E-state index is 0.243. The highest BCUT2D eigenvalue weighted by molar-refractivity contribution is 5.80. The van der Waals surface area contributed by atoms with Gasteiger partial charge in [0.2, 0.25) is 0 Å². The maximum Gasteiger partial charge on any atom is 0.191 e. The summed E-state index contributed by atoms with van der Waals surface area (Å²) < 4.78 is 5.26. The predicted molar refractivity (Wildman–Crippen MR) is 105 cm³/mol. The summed E-state index contributed by atoms with van der Waals surface area (Å²) in [4.78, 5) is 7.09. The van der Waals surface area contributed by atoms with Crippen molar-refractivity contribution in [3.05, 3.63) is 29.8 Å². The van der Waals surface area contributed by atoms with Crippen LogP contribution >= 0.6 is 0 Å². The number of likely N-dealkylation sites (N-methyl/N-ethyl adjacent to an activating group) is 1. The topological polar surface area (TPSA) is 48.9 Å². The fraction of sp³-hybridized carbons (Fsp3) is 0.650. The molecule has 1 saturated carbocycles. The minimum atomic E-state index is 0.243. The molecule has 1 fully saturated rings. The summed E-state index contributed by atoms with van der Waals surface area (Å²) in [6.45, 7) is 3.72. The van der Waals surface area contributed by atoms with Gasteiger partial charge in [-0.2, -0.15) is 0 Å². The maximum atomic E-state index is 5.26. The summed E-state index contributed by atoms with van der Waals surface area (Å²) in [6.07, 6.45) is 6.51. The number of benzene rings is 1. The average Bonchev–Trinajstić information content (AvgIpc) is 2.63. The first-order valence-corrected chi connectivity index (χ1v) is 9.49. The molecule has 1 aliphatic carbocycles. The zero-order chi connectivity index (χ0) is 18.1. The van der Waals surface area contributed by atoms with Crippen LogP contribution in [0.3, 0.4) is 0 Å². The molecule has 5 heteroatoms. The molecule has 0 heterocycles. The molecule has 25 heavy (non-hydrogen) atoms.